The summed E-state index contributed by atoms with van der Waals surface area (Å²) < 4.78 is 18.4. The molecule has 0 spiro atoms. The minimum absolute atomic E-state index is 0.0756. The van der Waals surface area contributed by atoms with Crippen LogP contribution in [0, 0.1) is 5.82 Å². The molecule has 0 saturated carbocycles. The lowest BCUT2D eigenvalue weighted by Crippen LogP contribution is -1.98. The fraction of sp³-hybridized carbons (Fsp3) is 0.154. The summed E-state index contributed by atoms with van der Waals surface area (Å²) in [6, 6.07) is 6.36. The third kappa shape index (κ3) is 3.18. The molecule has 0 atom stereocenters. The molecule has 5 heteroatoms. The fourth-order valence-corrected chi connectivity index (χ4v) is 1.71. The van der Waals surface area contributed by atoms with Crippen molar-refractivity contribution in [2.24, 2.45) is 0 Å². The van der Waals surface area contributed by atoms with Crippen LogP contribution in [0.1, 0.15) is 11.1 Å². The highest BCUT2D eigenvalue weighted by molar-refractivity contribution is 6.32. The van der Waals surface area contributed by atoms with E-state index in [0.717, 1.165) is 6.20 Å². The Balaban J connectivity index is 2.06. The summed E-state index contributed by atoms with van der Waals surface area (Å²) in [6.45, 7) is 0.108. The van der Waals surface area contributed by atoms with Gasteiger partial charge in [-0.25, -0.2) is 4.39 Å². The Bertz CT molecular complexity index is 548. The molecule has 1 heterocycles. The quantitative estimate of drug-likeness (QED) is 0.926. The zero-order chi connectivity index (χ0) is 13.0. The molecule has 1 N–H and O–H groups in total. The average Bonchev–Trinajstić information content (AvgIpc) is 2.37. The lowest BCUT2D eigenvalue weighted by Gasteiger charge is -2.08. The molecule has 1 aromatic carbocycles. The Hall–Kier alpha value is -1.65. The average molecular weight is 268 g/mol. The van der Waals surface area contributed by atoms with Crippen molar-refractivity contribution in [2.45, 2.75) is 13.2 Å². The summed E-state index contributed by atoms with van der Waals surface area (Å²) >= 11 is 5.98. The first-order chi connectivity index (χ1) is 8.69. The molecule has 94 valence electrons. The van der Waals surface area contributed by atoms with Gasteiger partial charge in [-0.15, -0.1) is 0 Å². The van der Waals surface area contributed by atoms with Crippen LogP contribution in [0.15, 0.2) is 36.7 Å². The van der Waals surface area contributed by atoms with E-state index in [-0.39, 0.29) is 13.2 Å². The standard InChI is InChI=1S/C13H11ClFNO2/c14-12-4-9(7-17)1-2-13(12)18-8-10-3-11(15)6-16-5-10/h1-6,17H,7-8H2. The molecule has 2 rings (SSSR count). The summed E-state index contributed by atoms with van der Waals surface area (Å²) in [7, 11) is 0. The Morgan fingerprint density at radius 1 is 1.22 bits per heavy atom. The number of benzene rings is 1. The number of nitrogens with zero attached hydrogens (tertiary/aromatic N) is 1. The van der Waals surface area contributed by atoms with Gasteiger partial charge in [0.1, 0.15) is 18.2 Å². The minimum atomic E-state index is -0.405. The van der Waals surface area contributed by atoms with Gasteiger partial charge in [-0.1, -0.05) is 17.7 Å². The normalized spacial score (nSPS) is 10.4. The van der Waals surface area contributed by atoms with Gasteiger partial charge in [0.15, 0.2) is 0 Å². The lowest BCUT2D eigenvalue weighted by atomic mass is 10.2. The minimum Gasteiger partial charge on any atom is -0.487 e. The predicted molar refractivity (Wildman–Crippen MR) is 65.9 cm³/mol. The molecule has 18 heavy (non-hydrogen) atoms. The van der Waals surface area contributed by atoms with Crippen LogP contribution in [-0.2, 0) is 13.2 Å². The number of pyridine rings is 1. The Labute approximate surface area is 109 Å². The molecule has 0 unspecified atom stereocenters. The van der Waals surface area contributed by atoms with Gasteiger partial charge in [0.05, 0.1) is 17.8 Å². The van der Waals surface area contributed by atoms with Crippen molar-refractivity contribution in [1.82, 2.24) is 4.98 Å². The van der Waals surface area contributed by atoms with Crippen molar-refractivity contribution >= 4 is 11.6 Å². The van der Waals surface area contributed by atoms with Gasteiger partial charge >= 0.3 is 0 Å². The summed E-state index contributed by atoms with van der Waals surface area (Å²) in [6.07, 6.45) is 2.66. The van der Waals surface area contributed by atoms with E-state index in [1.807, 2.05) is 0 Å². The van der Waals surface area contributed by atoms with Gasteiger partial charge in [0.2, 0.25) is 0 Å². The zero-order valence-corrected chi connectivity index (χ0v) is 10.2. The van der Waals surface area contributed by atoms with Crippen LogP contribution in [0.4, 0.5) is 4.39 Å². The number of ether oxygens (including phenoxy) is 1. The molecule has 3 nitrogen and oxygen atoms in total. The number of aliphatic hydroxyl groups excluding tert-OH is 1. The largest absolute Gasteiger partial charge is 0.487 e. The summed E-state index contributed by atoms with van der Waals surface area (Å²) in [4.78, 5) is 3.73. The van der Waals surface area contributed by atoms with Crippen molar-refractivity contribution in [3.8, 4) is 5.75 Å². The van der Waals surface area contributed by atoms with Crippen LogP contribution in [0.25, 0.3) is 0 Å². The number of aromatic nitrogens is 1. The van der Waals surface area contributed by atoms with E-state index in [4.69, 9.17) is 21.4 Å². The second kappa shape index (κ2) is 5.80. The summed E-state index contributed by atoms with van der Waals surface area (Å²) in [5.41, 5.74) is 1.33. The van der Waals surface area contributed by atoms with Gasteiger partial charge in [0, 0.05) is 11.8 Å². The molecule has 0 aliphatic carbocycles. The molecular weight excluding hydrogens is 257 g/mol. The maximum atomic E-state index is 12.9. The van der Waals surface area contributed by atoms with Crippen molar-refractivity contribution in [3.05, 3.63) is 58.6 Å². The van der Waals surface area contributed by atoms with Crippen molar-refractivity contribution in [2.75, 3.05) is 0 Å². The van der Waals surface area contributed by atoms with Crippen LogP contribution >= 0.6 is 11.6 Å². The highest BCUT2D eigenvalue weighted by atomic mass is 35.5. The van der Waals surface area contributed by atoms with E-state index < -0.39 is 5.82 Å². The van der Waals surface area contributed by atoms with E-state index >= 15 is 0 Å². The smallest absolute Gasteiger partial charge is 0.141 e. The second-order valence-corrected chi connectivity index (χ2v) is 4.13. The molecule has 0 saturated heterocycles. The van der Waals surface area contributed by atoms with Gasteiger partial charge in [-0.3, -0.25) is 4.98 Å². The van der Waals surface area contributed by atoms with Gasteiger partial charge in [-0.2, -0.15) is 0 Å². The fourth-order valence-electron chi connectivity index (χ4n) is 1.46. The van der Waals surface area contributed by atoms with E-state index in [9.17, 15) is 4.39 Å². The molecule has 0 amide bonds. The number of hydrogen-bond acceptors (Lipinski definition) is 3. The molecule has 0 aliphatic rings. The topological polar surface area (TPSA) is 42.4 Å². The van der Waals surface area contributed by atoms with Gasteiger partial charge in [-0.05, 0) is 23.8 Å². The third-order valence-electron chi connectivity index (χ3n) is 2.33. The van der Waals surface area contributed by atoms with Crippen LogP contribution in [0.5, 0.6) is 5.75 Å². The first-order valence-corrected chi connectivity index (χ1v) is 5.68. The zero-order valence-electron chi connectivity index (χ0n) is 9.44. The molecular formula is C13H11ClFNO2. The Morgan fingerprint density at radius 2 is 2.06 bits per heavy atom. The number of halogens is 2. The number of aliphatic hydroxyl groups is 1. The molecule has 0 aliphatic heterocycles. The van der Waals surface area contributed by atoms with Crippen molar-refractivity contribution in [1.29, 1.82) is 0 Å². The van der Waals surface area contributed by atoms with E-state index in [2.05, 4.69) is 4.98 Å². The lowest BCUT2D eigenvalue weighted by molar-refractivity contribution is 0.280. The highest BCUT2D eigenvalue weighted by Gasteiger charge is 2.04. The molecule has 0 fully saturated rings. The van der Waals surface area contributed by atoms with Crippen LogP contribution < -0.4 is 4.74 Å². The highest BCUT2D eigenvalue weighted by Crippen LogP contribution is 2.26. The first-order valence-electron chi connectivity index (χ1n) is 5.30. The van der Waals surface area contributed by atoms with Crippen molar-refractivity contribution in [3.63, 3.8) is 0 Å². The predicted octanol–water partition coefficient (Wildman–Crippen LogP) is 2.95. The van der Waals surface area contributed by atoms with Crippen molar-refractivity contribution < 1.29 is 14.2 Å². The SMILES string of the molecule is OCc1ccc(OCc2cncc(F)c2)c(Cl)c1. The Kier molecular flexibility index (Phi) is 4.12. The number of hydrogen-bond donors (Lipinski definition) is 1. The van der Waals surface area contributed by atoms with Gasteiger partial charge in [0.25, 0.3) is 0 Å². The molecule has 1 aromatic heterocycles. The molecule has 0 bridgehead atoms. The van der Waals surface area contributed by atoms with Crippen LogP contribution in [-0.4, -0.2) is 10.1 Å². The van der Waals surface area contributed by atoms with Crippen LogP contribution in [0.2, 0.25) is 5.02 Å². The molecule has 2 aromatic rings. The maximum absolute atomic E-state index is 12.9. The van der Waals surface area contributed by atoms with Crippen LogP contribution in [0.3, 0.4) is 0 Å². The monoisotopic (exact) mass is 267 g/mol. The van der Waals surface area contributed by atoms with E-state index in [1.54, 1.807) is 18.2 Å². The number of rotatable bonds is 4. The summed E-state index contributed by atoms with van der Waals surface area (Å²) in [5.74, 6) is 0.0796. The summed E-state index contributed by atoms with van der Waals surface area (Å²) in [5, 5.41) is 9.35. The van der Waals surface area contributed by atoms with E-state index in [0.29, 0.717) is 21.9 Å². The second-order valence-electron chi connectivity index (χ2n) is 3.72. The third-order valence-corrected chi connectivity index (χ3v) is 2.63. The molecule has 0 radical (unpaired) electrons. The Morgan fingerprint density at radius 3 is 2.72 bits per heavy atom. The maximum Gasteiger partial charge on any atom is 0.141 e. The van der Waals surface area contributed by atoms with E-state index in [1.165, 1.54) is 12.3 Å². The first kappa shape index (κ1) is 12.8. The van der Waals surface area contributed by atoms with Gasteiger partial charge < -0.3 is 9.84 Å².